The second-order valence-electron chi connectivity index (χ2n) is 10.8. The Morgan fingerprint density at radius 1 is 1.03 bits per heavy atom. The van der Waals surface area contributed by atoms with E-state index in [9.17, 15) is 4.79 Å². The summed E-state index contributed by atoms with van der Waals surface area (Å²) in [7, 11) is 0. The summed E-state index contributed by atoms with van der Waals surface area (Å²) in [5, 5.41) is 12.4. The van der Waals surface area contributed by atoms with Gasteiger partial charge in [-0.2, -0.15) is 5.26 Å². The topological polar surface area (TPSA) is 65.4 Å². The van der Waals surface area contributed by atoms with Crippen molar-refractivity contribution >= 4 is 5.91 Å². The van der Waals surface area contributed by atoms with Crippen LogP contribution in [0.3, 0.4) is 0 Å². The van der Waals surface area contributed by atoms with Crippen LogP contribution < -0.4 is 5.32 Å². The molecule has 5 heteroatoms. The molecular formula is C26H39N3O2. The lowest BCUT2D eigenvalue weighted by atomic mass is 9.81. The highest BCUT2D eigenvalue weighted by atomic mass is 16.5. The van der Waals surface area contributed by atoms with Gasteiger partial charge in [-0.05, 0) is 88.0 Å². The number of rotatable bonds is 4. The lowest BCUT2D eigenvalue weighted by Crippen LogP contribution is -2.61. The van der Waals surface area contributed by atoms with E-state index in [0.29, 0.717) is 29.9 Å². The first-order valence-corrected chi connectivity index (χ1v) is 13.0. The number of hydrogen-bond donors (Lipinski definition) is 1. The van der Waals surface area contributed by atoms with Crippen LogP contribution in [0.15, 0.2) is 11.6 Å². The minimum atomic E-state index is 0.171. The van der Waals surface area contributed by atoms with Gasteiger partial charge in [-0.1, -0.05) is 18.9 Å². The van der Waals surface area contributed by atoms with E-state index in [1.165, 1.54) is 37.7 Å². The summed E-state index contributed by atoms with van der Waals surface area (Å²) >= 11 is 0. The first-order chi connectivity index (χ1) is 15.2. The van der Waals surface area contributed by atoms with Crippen LogP contribution in [0.1, 0.15) is 83.5 Å². The summed E-state index contributed by atoms with van der Waals surface area (Å²) in [6.45, 7) is 2.00. The maximum atomic E-state index is 12.7. The molecule has 3 saturated carbocycles. The number of amides is 1. The fourth-order valence-electron chi connectivity index (χ4n) is 6.96. The first kappa shape index (κ1) is 21.5. The maximum Gasteiger partial charge on any atom is 0.226 e. The number of nitriles is 1. The lowest BCUT2D eigenvalue weighted by molar-refractivity contribution is -0.135. The Balaban J connectivity index is 1.09. The Morgan fingerprint density at radius 3 is 2.58 bits per heavy atom. The second-order valence-corrected chi connectivity index (χ2v) is 10.8. The van der Waals surface area contributed by atoms with Gasteiger partial charge in [0.2, 0.25) is 5.91 Å². The van der Waals surface area contributed by atoms with Crippen molar-refractivity contribution in [2.75, 3.05) is 13.2 Å². The van der Waals surface area contributed by atoms with Crippen molar-refractivity contribution in [3.05, 3.63) is 11.6 Å². The third-order valence-electron chi connectivity index (χ3n) is 8.88. The van der Waals surface area contributed by atoms with Gasteiger partial charge in [0.15, 0.2) is 0 Å². The van der Waals surface area contributed by atoms with E-state index in [-0.39, 0.29) is 18.0 Å². The van der Waals surface area contributed by atoms with Gasteiger partial charge in [0.1, 0.15) is 6.17 Å². The van der Waals surface area contributed by atoms with Crippen molar-refractivity contribution in [2.45, 2.75) is 102 Å². The summed E-state index contributed by atoms with van der Waals surface area (Å²) in [5.41, 5.74) is 1.47. The number of nitrogens with zero attached hydrogens (tertiary/aromatic N) is 2. The van der Waals surface area contributed by atoms with Crippen LogP contribution >= 0.6 is 0 Å². The monoisotopic (exact) mass is 425 g/mol. The fraction of sp³-hybridized carbons (Fsp3) is 0.846. The molecule has 31 heavy (non-hydrogen) atoms. The summed E-state index contributed by atoms with van der Waals surface area (Å²) in [6.07, 6.45) is 18.2. The lowest BCUT2D eigenvalue weighted by Gasteiger charge is -2.45. The summed E-state index contributed by atoms with van der Waals surface area (Å²) in [6, 6.07) is 2.90. The average molecular weight is 426 g/mol. The number of hydrogen-bond acceptors (Lipinski definition) is 4. The van der Waals surface area contributed by atoms with Gasteiger partial charge < -0.3 is 10.1 Å². The quantitative estimate of drug-likeness (QED) is 0.672. The standard InChI is InChI=1S/C26H39N3O2/c27-16-19-5-7-20(8-6-19)17-31-22-11-9-18(10-12-22)15-21-13-14-29-24-4-2-1-3-23(24)26(30)28-25(21)29/h15,18-20,22-25H,1-14,17H2,(H,28,30)/b21-15-. The molecule has 5 aliphatic rings. The molecular weight excluding hydrogens is 386 g/mol. The first-order valence-electron chi connectivity index (χ1n) is 13.0. The maximum absolute atomic E-state index is 12.7. The molecule has 3 aliphatic carbocycles. The summed E-state index contributed by atoms with van der Waals surface area (Å²) in [5.74, 6) is 2.12. The molecule has 1 N–H and O–H groups in total. The second kappa shape index (κ2) is 9.63. The van der Waals surface area contributed by atoms with Crippen molar-refractivity contribution in [3.63, 3.8) is 0 Å². The Labute approximate surface area is 187 Å². The van der Waals surface area contributed by atoms with Gasteiger partial charge in [0, 0.05) is 25.1 Å². The van der Waals surface area contributed by atoms with Crippen LogP contribution in [0.4, 0.5) is 0 Å². The molecule has 3 unspecified atom stereocenters. The van der Waals surface area contributed by atoms with Gasteiger partial charge in [-0.3, -0.25) is 9.69 Å². The summed E-state index contributed by atoms with van der Waals surface area (Å²) < 4.78 is 6.30. The zero-order chi connectivity index (χ0) is 21.2. The molecule has 5 rings (SSSR count). The summed E-state index contributed by atoms with van der Waals surface area (Å²) in [4.78, 5) is 15.3. The van der Waals surface area contributed by atoms with Crippen LogP contribution in [0.5, 0.6) is 0 Å². The van der Waals surface area contributed by atoms with Crippen LogP contribution in [-0.2, 0) is 9.53 Å². The van der Waals surface area contributed by atoms with Gasteiger partial charge in [-0.25, -0.2) is 0 Å². The molecule has 5 nitrogen and oxygen atoms in total. The molecule has 0 radical (unpaired) electrons. The SMILES string of the molecule is N#CC1CCC(COC2CCC(/C=C3/CCN4C3NC(=O)C3CCCCC34)CC2)CC1. The highest BCUT2D eigenvalue weighted by Gasteiger charge is 2.46. The number of carbonyl (C=O) groups excluding carboxylic acids is 1. The van der Waals surface area contributed by atoms with Gasteiger partial charge in [0.05, 0.1) is 18.1 Å². The molecule has 2 aliphatic heterocycles. The van der Waals surface area contributed by atoms with Crippen molar-refractivity contribution in [2.24, 2.45) is 23.7 Å². The number of carbonyl (C=O) groups is 1. The average Bonchev–Trinajstić information content (AvgIpc) is 3.21. The van der Waals surface area contributed by atoms with Crippen molar-refractivity contribution < 1.29 is 9.53 Å². The van der Waals surface area contributed by atoms with E-state index >= 15 is 0 Å². The van der Waals surface area contributed by atoms with Gasteiger partial charge in [0.25, 0.3) is 0 Å². The van der Waals surface area contributed by atoms with E-state index in [1.807, 2.05) is 0 Å². The molecule has 0 aromatic rings. The number of nitrogens with one attached hydrogen (secondary N) is 1. The van der Waals surface area contributed by atoms with E-state index in [0.717, 1.165) is 64.5 Å². The molecule has 0 aromatic carbocycles. The van der Waals surface area contributed by atoms with E-state index in [4.69, 9.17) is 10.00 Å². The number of allylic oxidation sites excluding steroid dienone is 1. The fourth-order valence-corrected chi connectivity index (χ4v) is 6.96. The number of ether oxygens (including phenoxy) is 1. The third-order valence-corrected chi connectivity index (χ3v) is 8.88. The Bertz CT molecular complexity index is 713. The Morgan fingerprint density at radius 2 is 1.81 bits per heavy atom. The largest absolute Gasteiger partial charge is 0.378 e. The predicted molar refractivity (Wildman–Crippen MR) is 120 cm³/mol. The zero-order valence-corrected chi connectivity index (χ0v) is 18.9. The molecule has 0 spiro atoms. The molecule has 3 atom stereocenters. The van der Waals surface area contributed by atoms with Gasteiger partial charge >= 0.3 is 0 Å². The molecule has 0 aromatic heterocycles. The van der Waals surface area contributed by atoms with Gasteiger partial charge in [-0.15, -0.1) is 0 Å². The molecule has 2 saturated heterocycles. The molecule has 170 valence electrons. The van der Waals surface area contributed by atoms with Crippen LogP contribution in [0.2, 0.25) is 0 Å². The minimum absolute atomic E-state index is 0.171. The van der Waals surface area contributed by atoms with Crippen LogP contribution in [0, 0.1) is 35.0 Å². The normalized spacial score (nSPS) is 42.5. The number of fused-ring (bicyclic) bond motifs is 3. The minimum Gasteiger partial charge on any atom is -0.378 e. The van der Waals surface area contributed by atoms with E-state index in [1.54, 1.807) is 0 Å². The van der Waals surface area contributed by atoms with Crippen molar-refractivity contribution in [3.8, 4) is 6.07 Å². The zero-order valence-electron chi connectivity index (χ0n) is 18.9. The van der Waals surface area contributed by atoms with E-state index in [2.05, 4.69) is 22.4 Å². The predicted octanol–water partition coefficient (Wildman–Crippen LogP) is 4.54. The van der Waals surface area contributed by atoms with Crippen molar-refractivity contribution in [1.82, 2.24) is 10.2 Å². The Hall–Kier alpha value is -1.38. The van der Waals surface area contributed by atoms with Crippen molar-refractivity contribution in [1.29, 1.82) is 5.26 Å². The third kappa shape index (κ3) is 4.71. The smallest absolute Gasteiger partial charge is 0.226 e. The van der Waals surface area contributed by atoms with Crippen LogP contribution in [0.25, 0.3) is 0 Å². The Kier molecular flexibility index (Phi) is 6.67. The molecule has 2 heterocycles. The van der Waals surface area contributed by atoms with E-state index < -0.39 is 0 Å². The molecule has 1 amide bonds. The highest BCUT2D eigenvalue weighted by Crippen LogP contribution is 2.39. The molecule has 5 fully saturated rings. The van der Waals surface area contributed by atoms with Crippen LogP contribution in [-0.4, -0.2) is 42.3 Å². The molecule has 0 bridgehead atoms. The highest BCUT2D eigenvalue weighted by molar-refractivity contribution is 5.81.